The van der Waals surface area contributed by atoms with E-state index < -0.39 is 0 Å². The molecule has 0 N–H and O–H groups in total. The van der Waals surface area contributed by atoms with Gasteiger partial charge in [0, 0.05) is 137 Å². The molecule has 0 atom stereocenters. The summed E-state index contributed by atoms with van der Waals surface area (Å²) in [5.41, 5.74) is 33.9. The van der Waals surface area contributed by atoms with Gasteiger partial charge in [-0.25, -0.2) is 0 Å². The van der Waals surface area contributed by atoms with Gasteiger partial charge in [-0.15, -0.1) is 11.3 Å². The molecule has 5 heterocycles. The van der Waals surface area contributed by atoms with Crippen LogP contribution in [0, 0.1) is 0 Å². The zero-order valence-corrected chi connectivity index (χ0v) is 79.5. The average molecular weight is 1860 g/mol. The van der Waals surface area contributed by atoms with Gasteiger partial charge >= 0.3 is 0 Å². The maximum atomic E-state index is 2.44. The molecule has 8 heteroatoms. The van der Waals surface area contributed by atoms with Crippen molar-refractivity contribution >= 4 is 181 Å². The van der Waals surface area contributed by atoms with Gasteiger partial charge in [0.1, 0.15) is 0 Å². The Labute approximate surface area is 838 Å². The molecular weight excluding hydrogens is 1760 g/mol. The van der Waals surface area contributed by atoms with Crippen molar-refractivity contribution in [2.45, 2.75) is 0 Å². The topological polar surface area (TPSA) is 29.4 Å². The van der Waals surface area contributed by atoms with E-state index in [1.54, 1.807) is 0 Å². The summed E-state index contributed by atoms with van der Waals surface area (Å²) in [5, 5.41) is 15.3. The molecule has 0 saturated heterocycles. The van der Waals surface area contributed by atoms with E-state index in [2.05, 4.69) is 597 Å². The summed E-state index contributed by atoms with van der Waals surface area (Å²) in [6, 6.07) is 203. The Morgan fingerprint density at radius 2 is 0.465 bits per heavy atom. The summed E-state index contributed by atoms with van der Waals surface area (Å²) < 4.78 is 12.3. The second kappa shape index (κ2) is 37.1. The largest absolute Gasteiger partial charge is 0.311 e. The molecule has 7 nitrogen and oxygen atoms in total. The van der Waals surface area contributed by atoms with Gasteiger partial charge in [-0.1, -0.05) is 358 Å². The van der Waals surface area contributed by atoms with Crippen molar-refractivity contribution < 1.29 is 0 Å². The molecule has 0 aliphatic heterocycles. The van der Waals surface area contributed by atoms with Crippen LogP contribution in [0.5, 0.6) is 0 Å². The van der Waals surface area contributed by atoms with Crippen LogP contribution in [0.4, 0.5) is 51.2 Å². The van der Waals surface area contributed by atoms with Crippen molar-refractivity contribution in [3.63, 3.8) is 0 Å². The molecule has 0 saturated carbocycles. The molecule has 0 spiro atoms. The molecule has 28 rings (SSSR count). The summed E-state index contributed by atoms with van der Waals surface area (Å²) in [7, 11) is 0. The fourth-order valence-corrected chi connectivity index (χ4v) is 22.7. The molecule has 0 amide bonds. The van der Waals surface area contributed by atoms with Crippen LogP contribution in [0.15, 0.2) is 564 Å². The van der Waals surface area contributed by atoms with Crippen LogP contribution in [0.25, 0.3) is 185 Å². The zero-order chi connectivity index (χ0) is 95.3. The summed E-state index contributed by atoms with van der Waals surface area (Å²) in [4.78, 5) is 7.01. The van der Waals surface area contributed by atoms with E-state index in [1.165, 1.54) is 163 Å². The van der Waals surface area contributed by atoms with Crippen LogP contribution in [0.3, 0.4) is 0 Å². The number of anilines is 9. The number of benzene rings is 23. The SMILES string of the molecule is c1ccc(-c2ccc(N(c3ccc(-n4c5ccccc5c5ccccc54)cc3)c3ccccc3-c3ccccc3)cc2)cc1.c1ccc(-c2ccc(N(c3ccccc3)c3ccc(-c4ccc(-n5c6ccccc6c6cc7c(cc65)sc5ccccc57)cc4)cc3)cc2)cc1.c1ccc(N(c2ccccc2)c2cccc(-n3c4ccccc4c4cc5c6c7ccccc7ccc6n(-c6ccccc6)c5cc43)c2)cc1. The fraction of sp³-hybridized carbons (Fsp3) is 0. The summed E-state index contributed by atoms with van der Waals surface area (Å²) in [6.45, 7) is 0. The minimum absolute atomic E-state index is 1.10. The van der Waals surface area contributed by atoms with Crippen molar-refractivity contribution in [3.05, 3.63) is 564 Å². The van der Waals surface area contributed by atoms with Gasteiger partial charge in [-0.05, 0) is 256 Å². The predicted molar refractivity (Wildman–Crippen MR) is 613 cm³/mol. The molecular formula is C136H93N7S. The van der Waals surface area contributed by atoms with Crippen LogP contribution in [0.1, 0.15) is 0 Å². The Hall–Kier alpha value is -18.9. The van der Waals surface area contributed by atoms with Crippen molar-refractivity contribution in [2.75, 3.05) is 14.7 Å². The predicted octanol–water partition coefficient (Wildman–Crippen LogP) is 38.0. The standard InChI is InChI=1S/C48H32N2S.C46H31N3.C42H30N2/c1-3-11-33(12-4-1)34-19-25-38(26-20-34)49(37-13-5-2-6-14-37)39-27-21-35(22-28-39)36-23-29-40(30-24-36)50-45-17-9-7-15-41(45)43-31-44-42-16-8-10-18-47(42)51-48(44)32-46(43)50;1-4-16-33(17-5-1)47(34-18-6-2-7-19-34)36-22-14-23-37(29-36)49-42-26-13-12-25-39(42)40-30-41-45(31-44(40)49)48(35-20-8-3-9-21-35)43-28-27-32-15-10-11-24-38(32)46(41)43;1-3-13-31(14-4-1)32-23-25-34(26-24-32)43(40-20-10-7-17-37(40)33-15-5-2-6-16-33)35-27-29-36(30-28-35)44-41-21-11-8-18-38(41)39-19-9-12-22-42(39)44/h1-32H;1-31H;1-30H. The normalized spacial score (nSPS) is 11.5. The number of fused-ring (bicyclic) bond motifs is 17. The molecule has 23 aromatic carbocycles. The second-order valence-electron chi connectivity index (χ2n) is 36.6. The minimum atomic E-state index is 1.10. The van der Waals surface area contributed by atoms with E-state index in [9.17, 15) is 0 Å². The number of aromatic nitrogens is 4. The van der Waals surface area contributed by atoms with Gasteiger partial charge in [0.25, 0.3) is 0 Å². The molecule has 0 fully saturated rings. The van der Waals surface area contributed by atoms with Crippen molar-refractivity contribution in [1.29, 1.82) is 0 Å². The van der Waals surface area contributed by atoms with Crippen LogP contribution in [0.2, 0.25) is 0 Å². The van der Waals surface area contributed by atoms with E-state index in [0.717, 1.165) is 73.9 Å². The zero-order valence-electron chi connectivity index (χ0n) is 78.7. The number of nitrogens with zero attached hydrogens (tertiary/aromatic N) is 7. The van der Waals surface area contributed by atoms with Crippen LogP contribution in [-0.2, 0) is 0 Å². The Kier molecular flexibility index (Phi) is 22.1. The Balaban J connectivity index is 0.000000111. The van der Waals surface area contributed by atoms with Gasteiger partial charge in [-0.3, -0.25) is 0 Å². The fourth-order valence-electron chi connectivity index (χ4n) is 21.6. The van der Waals surface area contributed by atoms with Crippen LogP contribution >= 0.6 is 11.3 Å². The highest BCUT2D eigenvalue weighted by Gasteiger charge is 2.26. The molecule has 0 bridgehead atoms. The van der Waals surface area contributed by atoms with Crippen molar-refractivity contribution in [3.8, 4) is 67.3 Å². The third kappa shape index (κ3) is 15.6. The van der Waals surface area contributed by atoms with Crippen LogP contribution < -0.4 is 14.7 Å². The van der Waals surface area contributed by atoms with E-state index in [1.807, 2.05) is 11.3 Å². The van der Waals surface area contributed by atoms with Crippen LogP contribution in [-0.4, -0.2) is 18.3 Å². The van der Waals surface area contributed by atoms with Crippen molar-refractivity contribution in [1.82, 2.24) is 18.3 Å². The lowest BCUT2D eigenvalue weighted by Crippen LogP contribution is -2.11. The first-order valence-electron chi connectivity index (χ1n) is 49.2. The molecule has 144 heavy (non-hydrogen) atoms. The number of thiophene rings is 1. The second-order valence-corrected chi connectivity index (χ2v) is 37.7. The van der Waals surface area contributed by atoms with Gasteiger partial charge < -0.3 is 33.0 Å². The highest BCUT2D eigenvalue weighted by atomic mass is 32.1. The van der Waals surface area contributed by atoms with Crippen molar-refractivity contribution in [2.24, 2.45) is 0 Å². The lowest BCUT2D eigenvalue weighted by Gasteiger charge is -2.28. The minimum Gasteiger partial charge on any atom is -0.311 e. The number of para-hydroxylation sites is 9. The molecule has 678 valence electrons. The average Bonchev–Trinajstić information content (AvgIpc) is 1.54. The first kappa shape index (κ1) is 85.6. The smallest absolute Gasteiger partial charge is 0.0562 e. The van der Waals surface area contributed by atoms with Gasteiger partial charge in [0.15, 0.2) is 0 Å². The highest BCUT2D eigenvalue weighted by molar-refractivity contribution is 7.25. The Morgan fingerprint density at radius 1 is 0.146 bits per heavy atom. The van der Waals surface area contributed by atoms with E-state index in [0.29, 0.717) is 0 Å². The summed E-state index contributed by atoms with van der Waals surface area (Å²) in [5.74, 6) is 0. The number of hydrogen-bond acceptors (Lipinski definition) is 4. The monoisotopic (exact) mass is 1860 g/mol. The molecule has 0 unspecified atom stereocenters. The number of rotatable bonds is 17. The van der Waals surface area contributed by atoms with E-state index >= 15 is 0 Å². The maximum absolute atomic E-state index is 2.44. The first-order valence-corrected chi connectivity index (χ1v) is 50.0. The number of hydrogen-bond donors (Lipinski definition) is 0. The molecule has 5 aromatic heterocycles. The van der Waals surface area contributed by atoms with Gasteiger partial charge in [-0.2, -0.15) is 0 Å². The third-order valence-electron chi connectivity index (χ3n) is 28.2. The summed E-state index contributed by atoms with van der Waals surface area (Å²) in [6.07, 6.45) is 0. The van der Waals surface area contributed by atoms with Gasteiger partial charge in [0.2, 0.25) is 0 Å². The molecule has 0 radical (unpaired) electrons. The quantitative estimate of drug-likeness (QED) is 0.0910. The van der Waals surface area contributed by atoms with E-state index in [4.69, 9.17) is 0 Å². The first-order chi connectivity index (χ1) is 71.5. The van der Waals surface area contributed by atoms with E-state index in [-0.39, 0.29) is 0 Å². The lowest BCUT2D eigenvalue weighted by atomic mass is 10.0. The molecule has 0 aliphatic rings. The lowest BCUT2D eigenvalue weighted by molar-refractivity contribution is 1.16. The summed E-state index contributed by atoms with van der Waals surface area (Å²) >= 11 is 1.87. The highest BCUT2D eigenvalue weighted by Crippen LogP contribution is 2.49. The third-order valence-corrected chi connectivity index (χ3v) is 29.4. The Bertz CT molecular complexity index is 9490. The molecule has 0 aliphatic carbocycles. The molecule has 28 aromatic rings. The Morgan fingerprint density at radius 3 is 0.979 bits per heavy atom. The van der Waals surface area contributed by atoms with Gasteiger partial charge in [0.05, 0.1) is 49.8 Å². The maximum Gasteiger partial charge on any atom is 0.0562 e.